The third kappa shape index (κ3) is 2.58. The normalized spacial score (nSPS) is 11.7. The van der Waals surface area contributed by atoms with E-state index >= 15 is 0 Å². The molecule has 0 saturated carbocycles. The highest BCUT2D eigenvalue weighted by atomic mass is 14.9. The van der Waals surface area contributed by atoms with Gasteiger partial charge in [0.1, 0.15) is 0 Å². The van der Waals surface area contributed by atoms with E-state index in [0.717, 1.165) is 43.7 Å². The third-order valence-corrected chi connectivity index (χ3v) is 7.73. The van der Waals surface area contributed by atoms with Crippen LogP contribution in [0.15, 0.2) is 103 Å². The summed E-state index contributed by atoms with van der Waals surface area (Å²) in [5, 5.41) is 28.7. The molecule has 0 saturated heterocycles. The molecular weight excluding hydrogens is 450 g/mol. The van der Waals surface area contributed by atoms with Gasteiger partial charge in [0.05, 0.1) is 39.8 Å². The van der Waals surface area contributed by atoms with E-state index in [1.807, 2.05) is 24.3 Å². The van der Waals surface area contributed by atoms with Gasteiger partial charge in [-0.15, -0.1) is 0 Å². The molecular formula is C34H17N3. The predicted octanol–water partition coefficient (Wildman–Crippen LogP) is 8.55. The van der Waals surface area contributed by atoms with Crippen LogP contribution in [0.4, 0.5) is 0 Å². The summed E-state index contributed by atoms with van der Waals surface area (Å²) in [4.78, 5) is 0. The molecule has 0 N–H and O–H groups in total. The Labute approximate surface area is 212 Å². The van der Waals surface area contributed by atoms with Crippen LogP contribution in [0.1, 0.15) is 11.1 Å². The molecule has 37 heavy (non-hydrogen) atoms. The molecule has 2 aromatic heterocycles. The molecule has 0 atom stereocenters. The molecule has 0 amide bonds. The molecule has 0 spiro atoms. The average Bonchev–Trinajstić information content (AvgIpc) is 3.47. The molecule has 3 nitrogen and oxygen atoms in total. The van der Waals surface area contributed by atoms with Crippen LogP contribution in [0, 0.1) is 22.7 Å². The molecule has 0 radical (unpaired) electrons. The van der Waals surface area contributed by atoms with Crippen LogP contribution in [0.3, 0.4) is 0 Å². The Morgan fingerprint density at radius 2 is 1.14 bits per heavy atom. The first kappa shape index (κ1) is 19.9. The van der Waals surface area contributed by atoms with Crippen molar-refractivity contribution in [2.45, 2.75) is 0 Å². The van der Waals surface area contributed by atoms with Gasteiger partial charge in [-0.3, -0.25) is 0 Å². The lowest BCUT2D eigenvalue weighted by Crippen LogP contribution is -1.85. The maximum absolute atomic E-state index is 9.60. The molecule has 0 aliphatic rings. The van der Waals surface area contributed by atoms with E-state index < -0.39 is 0 Å². The molecule has 2 heterocycles. The first-order valence-corrected chi connectivity index (χ1v) is 12.2. The highest BCUT2D eigenvalue weighted by molar-refractivity contribution is 6.25. The zero-order valence-electron chi connectivity index (χ0n) is 19.7. The topological polar surface area (TPSA) is 52.0 Å². The van der Waals surface area contributed by atoms with E-state index in [4.69, 9.17) is 0 Å². The molecule has 0 aliphatic carbocycles. The Hall–Kier alpha value is -5.38. The number of fused-ring (bicyclic) bond motifs is 9. The first-order chi connectivity index (χ1) is 18.2. The predicted molar refractivity (Wildman–Crippen MR) is 151 cm³/mol. The lowest BCUT2D eigenvalue weighted by molar-refractivity contribution is 1.36. The van der Waals surface area contributed by atoms with Crippen molar-refractivity contribution in [2.75, 3.05) is 0 Å². The fourth-order valence-corrected chi connectivity index (χ4v) is 6.14. The van der Waals surface area contributed by atoms with Crippen molar-refractivity contribution in [1.29, 1.82) is 10.5 Å². The molecule has 8 rings (SSSR count). The largest absolute Gasteiger partial charge is 0.308 e. The highest BCUT2D eigenvalue weighted by Crippen LogP contribution is 2.43. The maximum Gasteiger partial charge on any atom is 0.0992 e. The second-order valence-corrected chi connectivity index (χ2v) is 9.63. The van der Waals surface area contributed by atoms with Crippen LogP contribution in [-0.4, -0.2) is 4.40 Å². The number of benzene rings is 6. The molecule has 168 valence electrons. The SMILES string of the molecule is N#Cc1ccc2c3cc(-c4cccc5ccc6ccccc6c45)cc4c5ccc(C#N)cc5n(c2c1)c34. The first-order valence-electron chi connectivity index (χ1n) is 12.2. The zero-order chi connectivity index (χ0) is 24.7. The minimum absolute atomic E-state index is 0.624. The highest BCUT2D eigenvalue weighted by Gasteiger charge is 2.20. The van der Waals surface area contributed by atoms with E-state index in [-0.39, 0.29) is 0 Å². The standard InChI is InChI=1S/C34H17N3/c35-18-20-8-12-27-29-16-24(26-7-3-5-23-11-10-22-4-1-2-6-25(22)33(23)26)17-30-28-13-9-21(19-36)15-32(28)37(34(29)30)31(27)14-20/h1-17H. The van der Waals surface area contributed by atoms with Gasteiger partial charge in [-0.1, -0.05) is 66.7 Å². The summed E-state index contributed by atoms with van der Waals surface area (Å²) in [5.74, 6) is 0. The summed E-state index contributed by atoms with van der Waals surface area (Å²) in [7, 11) is 0. The second-order valence-electron chi connectivity index (χ2n) is 9.63. The maximum atomic E-state index is 9.60. The van der Waals surface area contributed by atoms with Gasteiger partial charge in [0, 0.05) is 21.5 Å². The quantitative estimate of drug-likeness (QED) is 0.227. The summed E-state index contributed by atoms with van der Waals surface area (Å²) in [6, 6.07) is 40.4. The number of nitrogens with zero attached hydrogens (tertiary/aromatic N) is 3. The van der Waals surface area contributed by atoms with Gasteiger partial charge in [0.25, 0.3) is 0 Å². The summed E-state index contributed by atoms with van der Waals surface area (Å²) in [5.41, 5.74) is 6.71. The summed E-state index contributed by atoms with van der Waals surface area (Å²) in [6.07, 6.45) is 0. The van der Waals surface area contributed by atoms with Crippen LogP contribution in [0.2, 0.25) is 0 Å². The molecule has 6 aromatic carbocycles. The fraction of sp³-hybridized carbons (Fsp3) is 0. The van der Waals surface area contributed by atoms with Crippen molar-refractivity contribution in [3.63, 3.8) is 0 Å². The smallest absolute Gasteiger partial charge is 0.0992 e. The lowest BCUT2D eigenvalue weighted by Gasteiger charge is -2.11. The van der Waals surface area contributed by atoms with E-state index in [1.54, 1.807) is 0 Å². The Morgan fingerprint density at radius 1 is 0.514 bits per heavy atom. The molecule has 3 heteroatoms. The minimum atomic E-state index is 0.624. The molecule has 0 fully saturated rings. The van der Waals surface area contributed by atoms with Crippen LogP contribution < -0.4 is 0 Å². The molecule has 0 bridgehead atoms. The van der Waals surface area contributed by atoms with Gasteiger partial charge in [-0.05, 0) is 69.1 Å². The van der Waals surface area contributed by atoms with Crippen molar-refractivity contribution < 1.29 is 0 Å². The number of nitriles is 2. The van der Waals surface area contributed by atoms with Crippen molar-refractivity contribution >= 4 is 59.6 Å². The lowest BCUT2D eigenvalue weighted by atomic mass is 9.92. The van der Waals surface area contributed by atoms with E-state index in [2.05, 4.69) is 95.4 Å². The van der Waals surface area contributed by atoms with E-state index in [1.165, 1.54) is 27.1 Å². The molecule has 0 unspecified atom stereocenters. The second kappa shape index (κ2) is 7.08. The van der Waals surface area contributed by atoms with E-state index in [0.29, 0.717) is 11.1 Å². The van der Waals surface area contributed by atoms with Crippen molar-refractivity contribution in [3.8, 4) is 23.3 Å². The molecule has 8 aromatic rings. The zero-order valence-corrected chi connectivity index (χ0v) is 19.7. The Kier molecular flexibility index (Phi) is 3.80. The molecule has 0 aliphatic heterocycles. The fourth-order valence-electron chi connectivity index (χ4n) is 6.14. The summed E-state index contributed by atoms with van der Waals surface area (Å²) < 4.78 is 2.22. The summed E-state index contributed by atoms with van der Waals surface area (Å²) >= 11 is 0. The van der Waals surface area contributed by atoms with Gasteiger partial charge in [-0.25, -0.2) is 0 Å². The van der Waals surface area contributed by atoms with Crippen molar-refractivity contribution in [2.24, 2.45) is 0 Å². The Morgan fingerprint density at radius 3 is 1.81 bits per heavy atom. The van der Waals surface area contributed by atoms with Gasteiger partial charge in [0.2, 0.25) is 0 Å². The monoisotopic (exact) mass is 467 g/mol. The van der Waals surface area contributed by atoms with Crippen LogP contribution in [0.25, 0.3) is 70.8 Å². The Balaban J connectivity index is 1.59. The number of hydrogen-bond donors (Lipinski definition) is 0. The van der Waals surface area contributed by atoms with Crippen molar-refractivity contribution in [1.82, 2.24) is 4.40 Å². The van der Waals surface area contributed by atoms with Gasteiger partial charge in [-0.2, -0.15) is 10.5 Å². The number of aromatic nitrogens is 1. The number of rotatable bonds is 1. The summed E-state index contributed by atoms with van der Waals surface area (Å²) in [6.45, 7) is 0. The minimum Gasteiger partial charge on any atom is -0.308 e. The Bertz CT molecular complexity index is 2220. The van der Waals surface area contributed by atoms with E-state index in [9.17, 15) is 10.5 Å². The van der Waals surface area contributed by atoms with Crippen molar-refractivity contribution in [3.05, 3.63) is 114 Å². The van der Waals surface area contributed by atoms with Crippen LogP contribution in [-0.2, 0) is 0 Å². The van der Waals surface area contributed by atoms with Crippen LogP contribution >= 0.6 is 0 Å². The average molecular weight is 468 g/mol. The number of hydrogen-bond acceptors (Lipinski definition) is 2. The van der Waals surface area contributed by atoms with Crippen LogP contribution in [0.5, 0.6) is 0 Å². The third-order valence-electron chi connectivity index (χ3n) is 7.73. The van der Waals surface area contributed by atoms with Gasteiger partial charge in [0.15, 0.2) is 0 Å². The van der Waals surface area contributed by atoms with Gasteiger partial charge < -0.3 is 4.40 Å². The van der Waals surface area contributed by atoms with Gasteiger partial charge >= 0.3 is 0 Å².